The molecule has 0 amide bonds. The van der Waals surface area contributed by atoms with Crippen LogP contribution in [0.25, 0.3) is 11.1 Å². The Bertz CT molecular complexity index is 429. The van der Waals surface area contributed by atoms with Crippen molar-refractivity contribution in [2.75, 3.05) is 5.43 Å². The van der Waals surface area contributed by atoms with Crippen molar-refractivity contribution in [3.8, 4) is 11.1 Å². The average Bonchev–Trinajstić information content (AvgIpc) is 2.31. The van der Waals surface area contributed by atoms with Crippen LogP contribution >= 0.6 is 11.8 Å². The Balaban J connectivity index is 2.33. The molecule has 0 radical (unpaired) electrons. The standard InChI is InChI=1S/C12H11ClN2/c13-15-14-12-8-4-7-11(9-12)10-5-2-1-3-6-10/h1-9,14-15H. The molecule has 2 nitrogen and oxygen atoms in total. The summed E-state index contributed by atoms with van der Waals surface area (Å²) in [6, 6.07) is 18.2. The van der Waals surface area contributed by atoms with E-state index in [0.29, 0.717) is 0 Å². The van der Waals surface area contributed by atoms with E-state index in [9.17, 15) is 0 Å². The molecular formula is C12H11ClN2. The predicted molar refractivity (Wildman–Crippen MR) is 64.5 cm³/mol. The second-order valence-electron chi connectivity index (χ2n) is 3.17. The molecule has 2 aromatic rings. The zero-order valence-electron chi connectivity index (χ0n) is 8.07. The number of anilines is 1. The highest BCUT2D eigenvalue weighted by Crippen LogP contribution is 2.21. The van der Waals surface area contributed by atoms with E-state index in [2.05, 4.69) is 28.6 Å². The summed E-state index contributed by atoms with van der Waals surface area (Å²) in [5.41, 5.74) is 6.12. The summed E-state index contributed by atoms with van der Waals surface area (Å²) in [5.74, 6) is 0. The molecule has 3 heteroatoms. The lowest BCUT2D eigenvalue weighted by Gasteiger charge is -2.05. The Labute approximate surface area is 94.0 Å². The maximum absolute atomic E-state index is 5.37. The first-order valence-corrected chi connectivity index (χ1v) is 5.05. The van der Waals surface area contributed by atoms with E-state index >= 15 is 0 Å². The lowest BCUT2D eigenvalue weighted by molar-refractivity contribution is 1.20. The van der Waals surface area contributed by atoms with Crippen molar-refractivity contribution in [1.82, 2.24) is 4.94 Å². The molecule has 0 saturated carbocycles. The zero-order valence-corrected chi connectivity index (χ0v) is 8.83. The molecule has 0 spiro atoms. The third-order valence-corrected chi connectivity index (χ3v) is 2.26. The number of benzene rings is 2. The summed E-state index contributed by atoms with van der Waals surface area (Å²) < 4.78 is 0. The minimum Gasteiger partial charge on any atom is -0.308 e. The van der Waals surface area contributed by atoms with E-state index < -0.39 is 0 Å². The van der Waals surface area contributed by atoms with Gasteiger partial charge < -0.3 is 5.43 Å². The SMILES string of the molecule is ClNNc1cccc(-c2ccccc2)c1. The van der Waals surface area contributed by atoms with E-state index in [1.54, 1.807) is 0 Å². The van der Waals surface area contributed by atoms with Crippen LogP contribution in [0.1, 0.15) is 0 Å². The van der Waals surface area contributed by atoms with Crippen molar-refractivity contribution < 1.29 is 0 Å². The molecule has 76 valence electrons. The molecule has 0 unspecified atom stereocenters. The fourth-order valence-corrected chi connectivity index (χ4v) is 1.57. The van der Waals surface area contributed by atoms with E-state index in [4.69, 9.17) is 11.8 Å². The van der Waals surface area contributed by atoms with Gasteiger partial charge in [0.05, 0.1) is 5.69 Å². The van der Waals surface area contributed by atoms with Crippen LogP contribution in [0.2, 0.25) is 0 Å². The van der Waals surface area contributed by atoms with Crippen molar-refractivity contribution in [3.63, 3.8) is 0 Å². The molecule has 0 atom stereocenters. The minimum absolute atomic E-state index is 0.936. The number of nitrogens with one attached hydrogen (secondary N) is 2. The molecule has 0 saturated heterocycles. The largest absolute Gasteiger partial charge is 0.308 e. The molecule has 0 bridgehead atoms. The molecule has 0 aliphatic heterocycles. The van der Waals surface area contributed by atoms with Gasteiger partial charge in [0.2, 0.25) is 0 Å². The summed E-state index contributed by atoms with van der Waals surface area (Å²) in [5, 5.41) is 0. The smallest absolute Gasteiger partial charge is 0.0506 e. The Kier molecular flexibility index (Phi) is 3.22. The predicted octanol–water partition coefficient (Wildman–Crippen LogP) is 3.42. The highest BCUT2D eigenvalue weighted by atomic mass is 35.5. The van der Waals surface area contributed by atoms with E-state index in [1.807, 2.05) is 36.4 Å². The fourth-order valence-electron chi connectivity index (χ4n) is 1.46. The van der Waals surface area contributed by atoms with E-state index in [-0.39, 0.29) is 0 Å². The quantitative estimate of drug-likeness (QED) is 0.609. The molecular weight excluding hydrogens is 208 g/mol. The molecule has 2 aromatic carbocycles. The highest BCUT2D eigenvalue weighted by Gasteiger charge is 1.97. The van der Waals surface area contributed by atoms with Gasteiger partial charge in [-0.2, -0.15) is 0 Å². The van der Waals surface area contributed by atoms with Gasteiger partial charge in [0.25, 0.3) is 0 Å². The highest BCUT2D eigenvalue weighted by molar-refractivity contribution is 6.13. The summed E-state index contributed by atoms with van der Waals surface area (Å²) in [4.78, 5) is 2.38. The zero-order chi connectivity index (χ0) is 10.5. The molecule has 0 fully saturated rings. The van der Waals surface area contributed by atoms with Crippen LogP contribution < -0.4 is 10.4 Å². The van der Waals surface area contributed by atoms with Crippen LogP contribution in [0.5, 0.6) is 0 Å². The van der Waals surface area contributed by atoms with Crippen molar-refractivity contribution in [2.45, 2.75) is 0 Å². The van der Waals surface area contributed by atoms with Crippen LogP contribution in [0, 0.1) is 0 Å². The van der Waals surface area contributed by atoms with Crippen molar-refractivity contribution in [1.29, 1.82) is 0 Å². The van der Waals surface area contributed by atoms with Gasteiger partial charge >= 0.3 is 0 Å². The summed E-state index contributed by atoms with van der Waals surface area (Å²) in [7, 11) is 0. The van der Waals surface area contributed by atoms with Gasteiger partial charge in [0.15, 0.2) is 0 Å². The monoisotopic (exact) mass is 218 g/mol. The molecule has 2 N–H and O–H groups in total. The van der Waals surface area contributed by atoms with Gasteiger partial charge in [-0.05, 0) is 35.0 Å². The first-order valence-electron chi connectivity index (χ1n) is 4.67. The van der Waals surface area contributed by atoms with Crippen LogP contribution in [0.15, 0.2) is 54.6 Å². The van der Waals surface area contributed by atoms with Crippen molar-refractivity contribution >= 4 is 17.5 Å². The number of halogens is 1. The fraction of sp³-hybridized carbons (Fsp3) is 0. The molecule has 2 rings (SSSR count). The van der Waals surface area contributed by atoms with Crippen molar-refractivity contribution in [3.05, 3.63) is 54.6 Å². The summed E-state index contributed by atoms with van der Waals surface area (Å²) in [6.45, 7) is 0. The lowest BCUT2D eigenvalue weighted by Crippen LogP contribution is -2.08. The Morgan fingerprint density at radius 1 is 0.800 bits per heavy atom. The first kappa shape index (κ1) is 10.0. The second kappa shape index (κ2) is 4.82. The maximum Gasteiger partial charge on any atom is 0.0506 e. The molecule has 15 heavy (non-hydrogen) atoms. The first-order chi connectivity index (χ1) is 7.40. The second-order valence-corrected chi connectivity index (χ2v) is 3.36. The lowest BCUT2D eigenvalue weighted by atomic mass is 10.1. The van der Waals surface area contributed by atoms with Gasteiger partial charge in [-0.15, -0.1) is 4.94 Å². The Hall–Kier alpha value is -1.51. The number of rotatable bonds is 3. The number of hydrogen-bond donors (Lipinski definition) is 2. The molecule has 0 aliphatic rings. The minimum atomic E-state index is 0.936. The van der Waals surface area contributed by atoms with E-state index in [0.717, 1.165) is 11.3 Å². The summed E-state index contributed by atoms with van der Waals surface area (Å²) >= 11 is 5.37. The molecule has 0 heterocycles. The van der Waals surface area contributed by atoms with Crippen LogP contribution in [-0.2, 0) is 0 Å². The van der Waals surface area contributed by atoms with Gasteiger partial charge in [-0.3, -0.25) is 0 Å². The Morgan fingerprint density at radius 3 is 2.27 bits per heavy atom. The number of hydrogen-bond acceptors (Lipinski definition) is 2. The molecule has 0 aromatic heterocycles. The topological polar surface area (TPSA) is 24.1 Å². The van der Waals surface area contributed by atoms with Gasteiger partial charge in [-0.1, -0.05) is 42.5 Å². The summed E-state index contributed by atoms with van der Waals surface area (Å²) in [6.07, 6.45) is 0. The third-order valence-electron chi connectivity index (χ3n) is 2.16. The van der Waals surface area contributed by atoms with E-state index in [1.165, 1.54) is 5.56 Å². The normalized spacial score (nSPS) is 9.93. The third kappa shape index (κ3) is 2.49. The van der Waals surface area contributed by atoms with Gasteiger partial charge in [-0.25, -0.2) is 0 Å². The average molecular weight is 219 g/mol. The van der Waals surface area contributed by atoms with Crippen LogP contribution in [0.3, 0.4) is 0 Å². The number of hydrazine groups is 1. The molecule has 0 aliphatic carbocycles. The maximum atomic E-state index is 5.37. The van der Waals surface area contributed by atoms with Gasteiger partial charge in [0.1, 0.15) is 0 Å². The van der Waals surface area contributed by atoms with Gasteiger partial charge in [0, 0.05) is 0 Å². The van der Waals surface area contributed by atoms with Crippen molar-refractivity contribution in [2.24, 2.45) is 0 Å². The van der Waals surface area contributed by atoms with Crippen LogP contribution in [0.4, 0.5) is 5.69 Å². The Morgan fingerprint density at radius 2 is 1.53 bits per heavy atom. The van der Waals surface area contributed by atoms with Crippen LogP contribution in [-0.4, -0.2) is 0 Å².